The Bertz CT molecular complexity index is 840. The summed E-state index contributed by atoms with van der Waals surface area (Å²) < 4.78 is 5.20. The fourth-order valence-electron chi connectivity index (χ4n) is 2.65. The summed E-state index contributed by atoms with van der Waals surface area (Å²) >= 11 is 0. The molecule has 4 nitrogen and oxygen atoms in total. The van der Waals surface area contributed by atoms with E-state index in [0.29, 0.717) is 6.54 Å². The normalized spacial score (nSPS) is 10.4. The number of methoxy groups -OCH3 is 1. The number of carbonyl (C=O) groups excluding carboxylic acids is 1. The summed E-state index contributed by atoms with van der Waals surface area (Å²) in [5.74, 6) is 0.827. The van der Waals surface area contributed by atoms with Gasteiger partial charge in [-0.25, -0.2) is 4.79 Å². The van der Waals surface area contributed by atoms with E-state index in [4.69, 9.17) is 4.74 Å². The van der Waals surface area contributed by atoms with Crippen molar-refractivity contribution in [1.29, 1.82) is 0 Å². The van der Waals surface area contributed by atoms with E-state index in [-0.39, 0.29) is 6.03 Å². The number of nitrogens with one attached hydrogen (secondary N) is 2. The summed E-state index contributed by atoms with van der Waals surface area (Å²) in [5.41, 5.74) is 1.94. The van der Waals surface area contributed by atoms with Gasteiger partial charge in [-0.3, -0.25) is 0 Å². The molecule has 3 aromatic carbocycles. The van der Waals surface area contributed by atoms with E-state index in [2.05, 4.69) is 10.6 Å². The Hall–Kier alpha value is -3.01. The smallest absolute Gasteiger partial charge is 0.319 e. The lowest BCUT2D eigenvalue weighted by Gasteiger charge is -2.10. The molecule has 4 heteroatoms. The molecule has 0 atom stereocenters. The minimum absolute atomic E-state index is 0.200. The lowest BCUT2D eigenvalue weighted by Crippen LogP contribution is -2.30. The standard InChI is InChI=1S/C20H20N2O2/c1-24-17-9-4-6-15(14-17)12-13-21-20(23)22-19-11-5-8-16-7-2-3-10-18(16)19/h2-11,14H,12-13H2,1H3,(H2,21,22,23). The minimum Gasteiger partial charge on any atom is -0.497 e. The molecule has 0 aliphatic carbocycles. The molecule has 0 spiro atoms. The highest BCUT2D eigenvalue weighted by Gasteiger charge is 2.05. The lowest BCUT2D eigenvalue weighted by molar-refractivity contribution is 0.252. The topological polar surface area (TPSA) is 50.4 Å². The van der Waals surface area contributed by atoms with Crippen LogP contribution in [0.25, 0.3) is 10.8 Å². The first-order chi connectivity index (χ1) is 11.8. The third kappa shape index (κ3) is 3.84. The number of urea groups is 1. The highest BCUT2D eigenvalue weighted by molar-refractivity contribution is 6.01. The zero-order valence-corrected chi connectivity index (χ0v) is 13.6. The molecule has 0 saturated carbocycles. The van der Waals surface area contributed by atoms with Gasteiger partial charge in [0.1, 0.15) is 5.75 Å². The van der Waals surface area contributed by atoms with Gasteiger partial charge in [0, 0.05) is 11.9 Å². The molecule has 3 aromatic rings. The Kier molecular flexibility index (Phi) is 4.96. The molecule has 2 amide bonds. The molecule has 122 valence electrons. The van der Waals surface area contributed by atoms with Crippen LogP contribution in [0.15, 0.2) is 66.7 Å². The molecule has 0 radical (unpaired) electrons. The number of anilines is 1. The van der Waals surface area contributed by atoms with Gasteiger partial charge >= 0.3 is 6.03 Å². The summed E-state index contributed by atoms with van der Waals surface area (Å²) in [6.45, 7) is 0.559. The second-order valence-corrected chi connectivity index (χ2v) is 5.51. The molecule has 0 bridgehead atoms. The van der Waals surface area contributed by atoms with Crippen molar-refractivity contribution in [3.63, 3.8) is 0 Å². The maximum absolute atomic E-state index is 12.1. The van der Waals surface area contributed by atoms with E-state index in [9.17, 15) is 4.79 Å². The molecule has 0 aliphatic rings. The molecule has 3 rings (SSSR count). The van der Waals surface area contributed by atoms with Crippen LogP contribution in [0.5, 0.6) is 5.75 Å². The molecule has 0 saturated heterocycles. The van der Waals surface area contributed by atoms with Gasteiger partial charge in [-0.2, -0.15) is 0 Å². The number of hydrogen-bond acceptors (Lipinski definition) is 2. The Labute approximate surface area is 141 Å². The van der Waals surface area contributed by atoms with E-state index in [1.54, 1.807) is 7.11 Å². The van der Waals surface area contributed by atoms with Crippen LogP contribution in [-0.2, 0) is 6.42 Å². The van der Waals surface area contributed by atoms with Crippen molar-refractivity contribution < 1.29 is 9.53 Å². The van der Waals surface area contributed by atoms with Crippen LogP contribution < -0.4 is 15.4 Å². The maximum Gasteiger partial charge on any atom is 0.319 e. The molecule has 24 heavy (non-hydrogen) atoms. The van der Waals surface area contributed by atoms with Crippen molar-refractivity contribution in [2.45, 2.75) is 6.42 Å². The molecule has 0 aliphatic heterocycles. The Morgan fingerprint density at radius 3 is 2.67 bits per heavy atom. The van der Waals surface area contributed by atoms with Crippen LogP contribution in [0.1, 0.15) is 5.56 Å². The summed E-state index contributed by atoms with van der Waals surface area (Å²) in [7, 11) is 1.65. The first-order valence-electron chi connectivity index (χ1n) is 7.92. The fraction of sp³-hybridized carbons (Fsp3) is 0.150. The monoisotopic (exact) mass is 320 g/mol. The van der Waals surface area contributed by atoms with Gasteiger partial charge in [-0.1, -0.05) is 48.5 Å². The van der Waals surface area contributed by atoms with Crippen LogP contribution in [0, 0.1) is 0 Å². The SMILES string of the molecule is COc1cccc(CCNC(=O)Nc2cccc3ccccc23)c1. The molecular weight excluding hydrogens is 300 g/mol. The lowest BCUT2D eigenvalue weighted by atomic mass is 10.1. The molecule has 0 heterocycles. The molecular formula is C20H20N2O2. The zero-order chi connectivity index (χ0) is 16.8. The fourth-order valence-corrected chi connectivity index (χ4v) is 2.65. The predicted octanol–water partition coefficient (Wildman–Crippen LogP) is 4.21. The number of amides is 2. The van der Waals surface area contributed by atoms with Gasteiger partial charge < -0.3 is 15.4 Å². The number of rotatable bonds is 5. The van der Waals surface area contributed by atoms with E-state index in [0.717, 1.165) is 34.2 Å². The third-order valence-corrected chi connectivity index (χ3v) is 3.87. The van der Waals surface area contributed by atoms with Crippen molar-refractivity contribution in [2.75, 3.05) is 19.0 Å². The largest absolute Gasteiger partial charge is 0.497 e. The molecule has 0 unspecified atom stereocenters. The van der Waals surface area contributed by atoms with Gasteiger partial charge in [0.05, 0.1) is 12.8 Å². The number of fused-ring (bicyclic) bond motifs is 1. The van der Waals surface area contributed by atoms with Gasteiger partial charge in [0.15, 0.2) is 0 Å². The van der Waals surface area contributed by atoms with E-state index in [1.807, 2.05) is 66.7 Å². The predicted molar refractivity (Wildman–Crippen MR) is 97.7 cm³/mol. The van der Waals surface area contributed by atoms with E-state index in [1.165, 1.54) is 0 Å². The van der Waals surface area contributed by atoms with Crippen LogP contribution in [-0.4, -0.2) is 19.7 Å². The summed E-state index contributed by atoms with van der Waals surface area (Å²) in [4.78, 5) is 12.1. The highest BCUT2D eigenvalue weighted by atomic mass is 16.5. The van der Waals surface area contributed by atoms with Crippen LogP contribution in [0.3, 0.4) is 0 Å². The van der Waals surface area contributed by atoms with E-state index < -0.39 is 0 Å². The third-order valence-electron chi connectivity index (χ3n) is 3.87. The van der Waals surface area contributed by atoms with Crippen molar-refractivity contribution in [2.24, 2.45) is 0 Å². The zero-order valence-electron chi connectivity index (χ0n) is 13.6. The highest BCUT2D eigenvalue weighted by Crippen LogP contribution is 2.22. The number of hydrogen-bond donors (Lipinski definition) is 2. The average Bonchev–Trinajstić information content (AvgIpc) is 2.62. The molecule has 0 fully saturated rings. The second kappa shape index (κ2) is 7.51. The van der Waals surface area contributed by atoms with Crippen LogP contribution in [0.4, 0.5) is 10.5 Å². The van der Waals surface area contributed by atoms with Crippen molar-refractivity contribution in [3.8, 4) is 5.75 Å². The van der Waals surface area contributed by atoms with E-state index >= 15 is 0 Å². The van der Waals surface area contributed by atoms with Gasteiger partial charge in [-0.05, 0) is 35.6 Å². The van der Waals surface area contributed by atoms with Gasteiger partial charge in [-0.15, -0.1) is 0 Å². The van der Waals surface area contributed by atoms with Crippen molar-refractivity contribution in [1.82, 2.24) is 5.32 Å². The molecule has 0 aromatic heterocycles. The Morgan fingerprint density at radius 2 is 1.79 bits per heavy atom. The van der Waals surface area contributed by atoms with Crippen LogP contribution >= 0.6 is 0 Å². The summed E-state index contributed by atoms with van der Waals surface area (Å²) in [6, 6.07) is 21.5. The number of benzene rings is 3. The minimum atomic E-state index is -0.200. The number of carbonyl (C=O) groups is 1. The Balaban J connectivity index is 1.57. The maximum atomic E-state index is 12.1. The first-order valence-corrected chi connectivity index (χ1v) is 7.92. The number of ether oxygens (including phenoxy) is 1. The summed E-state index contributed by atoms with van der Waals surface area (Å²) in [6.07, 6.45) is 0.750. The van der Waals surface area contributed by atoms with Gasteiger partial charge in [0.25, 0.3) is 0 Å². The second-order valence-electron chi connectivity index (χ2n) is 5.51. The Morgan fingerprint density at radius 1 is 1.00 bits per heavy atom. The summed E-state index contributed by atoms with van der Waals surface area (Å²) in [5, 5.41) is 7.94. The first kappa shape index (κ1) is 15.9. The molecule has 2 N–H and O–H groups in total. The quantitative estimate of drug-likeness (QED) is 0.740. The van der Waals surface area contributed by atoms with Crippen LogP contribution in [0.2, 0.25) is 0 Å². The van der Waals surface area contributed by atoms with Crippen molar-refractivity contribution in [3.05, 3.63) is 72.3 Å². The van der Waals surface area contributed by atoms with Crippen molar-refractivity contribution >= 4 is 22.5 Å². The average molecular weight is 320 g/mol. The van der Waals surface area contributed by atoms with Gasteiger partial charge in [0.2, 0.25) is 0 Å².